The Balaban J connectivity index is 1.82. The number of ether oxygens (including phenoxy) is 1. The van der Waals surface area contributed by atoms with Crippen LogP contribution in [0.15, 0.2) is 24.3 Å². The van der Waals surface area contributed by atoms with Crippen LogP contribution in [0.4, 0.5) is 4.39 Å². The Morgan fingerprint density at radius 3 is 2.83 bits per heavy atom. The second kappa shape index (κ2) is 5.96. The van der Waals surface area contributed by atoms with Gasteiger partial charge in [0.1, 0.15) is 5.82 Å². The zero-order chi connectivity index (χ0) is 13.0. The van der Waals surface area contributed by atoms with Crippen LogP contribution in [0.1, 0.15) is 18.4 Å². The number of halogens is 1. The van der Waals surface area contributed by atoms with E-state index in [9.17, 15) is 9.18 Å². The molecule has 0 N–H and O–H groups in total. The lowest BCUT2D eigenvalue weighted by Crippen LogP contribution is -2.21. The summed E-state index contributed by atoms with van der Waals surface area (Å²) in [7, 11) is 1.42. The van der Waals surface area contributed by atoms with E-state index in [1.165, 1.54) is 19.2 Å². The van der Waals surface area contributed by atoms with E-state index in [4.69, 9.17) is 0 Å². The molecule has 2 rings (SSSR count). The van der Waals surface area contributed by atoms with Gasteiger partial charge in [-0.2, -0.15) is 0 Å². The van der Waals surface area contributed by atoms with Crippen LogP contribution >= 0.6 is 0 Å². The van der Waals surface area contributed by atoms with Gasteiger partial charge >= 0.3 is 5.97 Å². The third-order valence-corrected chi connectivity index (χ3v) is 3.37. The highest BCUT2D eigenvalue weighted by Crippen LogP contribution is 2.21. The summed E-state index contributed by atoms with van der Waals surface area (Å²) < 4.78 is 17.5. The molecule has 0 bridgehead atoms. The first-order valence-corrected chi connectivity index (χ1v) is 6.21. The number of carbonyl (C=O) groups is 1. The van der Waals surface area contributed by atoms with Crippen LogP contribution in [0, 0.1) is 11.7 Å². The van der Waals surface area contributed by atoms with E-state index in [1.807, 2.05) is 12.1 Å². The molecule has 1 aliphatic rings. The van der Waals surface area contributed by atoms with Gasteiger partial charge in [0.25, 0.3) is 0 Å². The Labute approximate surface area is 107 Å². The van der Waals surface area contributed by atoms with Gasteiger partial charge in [-0.05, 0) is 36.6 Å². The first-order chi connectivity index (χ1) is 8.67. The molecule has 3 nitrogen and oxygen atoms in total. The summed E-state index contributed by atoms with van der Waals surface area (Å²) in [6.45, 7) is 2.71. The maximum atomic E-state index is 12.8. The van der Waals surface area contributed by atoms with Crippen molar-refractivity contribution in [2.75, 3.05) is 20.2 Å². The fourth-order valence-corrected chi connectivity index (χ4v) is 2.39. The van der Waals surface area contributed by atoms with E-state index >= 15 is 0 Å². The van der Waals surface area contributed by atoms with E-state index in [-0.39, 0.29) is 11.8 Å². The number of hydrogen-bond acceptors (Lipinski definition) is 3. The molecule has 1 aromatic rings. The normalized spacial score (nSPS) is 20.0. The largest absolute Gasteiger partial charge is 0.469 e. The monoisotopic (exact) mass is 251 g/mol. The lowest BCUT2D eigenvalue weighted by Gasteiger charge is -2.15. The average molecular weight is 251 g/mol. The molecule has 0 saturated carbocycles. The highest BCUT2D eigenvalue weighted by atomic mass is 19.1. The Bertz CT molecular complexity index is 405. The van der Waals surface area contributed by atoms with Crippen LogP contribution in [0.2, 0.25) is 0 Å². The maximum Gasteiger partial charge on any atom is 0.305 e. The molecule has 1 saturated heterocycles. The molecule has 1 fully saturated rings. The summed E-state index contributed by atoms with van der Waals surface area (Å²) in [5, 5.41) is 0. The second-order valence-electron chi connectivity index (χ2n) is 4.80. The number of carbonyl (C=O) groups excluding carboxylic acids is 1. The van der Waals surface area contributed by atoms with Crippen molar-refractivity contribution in [3.63, 3.8) is 0 Å². The molecule has 0 spiro atoms. The number of esters is 1. The summed E-state index contributed by atoms with van der Waals surface area (Å²) in [6, 6.07) is 6.58. The fourth-order valence-electron chi connectivity index (χ4n) is 2.39. The van der Waals surface area contributed by atoms with Crippen LogP contribution in [0.3, 0.4) is 0 Å². The summed E-state index contributed by atoms with van der Waals surface area (Å²) in [5.41, 5.74) is 1.11. The van der Waals surface area contributed by atoms with Crippen LogP contribution in [-0.4, -0.2) is 31.1 Å². The third kappa shape index (κ3) is 3.53. The van der Waals surface area contributed by atoms with E-state index in [1.54, 1.807) is 0 Å². The van der Waals surface area contributed by atoms with E-state index in [0.717, 1.165) is 31.6 Å². The first-order valence-electron chi connectivity index (χ1n) is 6.21. The van der Waals surface area contributed by atoms with Crippen molar-refractivity contribution in [1.82, 2.24) is 4.90 Å². The van der Waals surface area contributed by atoms with Crippen LogP contribution in [0.5, 0.6) is 0 Å². The first kappa shape index (κ1) is 13.0. The van der Waals surface area contributed by atoms with Gasteiger partial charge in [-0.25, -0.2) is 4.39 Å². The zero-order valence-corrected chi connectivity index (χ0v) is 10.6. The number of benzene rings is 1. The van der Waals surface area contributed by atoms with Crippen LogP contribution < -0.4 is 0 Å². The van der Waals surface area contributed by atoms with Crippen molar-refractivity contribution in [2.45, 2.75) is 19.4 Å². The summed E-state index contributed by atoms with van der Waals surface area (Å²) in [6.07, 6.45) is 1.52. The van der Waals surface area contributed by atoms with Gasteiger partial charge in [-0.3, -0.25) is 9.69 Å². The van der Waals surface area contributed by atoms with Crippen LogP contribution in [-0.2, 0) is 16.1 Å². The number of likely N-dealkylation sites (tertiary alicyclic amines) is 1. The molecule has 4 heteroatoms. The molecule has 1 atom stereocenters. The Hall–Kier alpha value is -1.42. The predicted molar refractivity (Wildman–Crippen MR) is 66.4 cm³/mol. The van der Waals surface area contributed by atoms with E-state index < -0.39 is 0 Å². The van der Waals surface area contributed by atoms with Gasteiger partial charge in [0.15, 0.2) is 0 Å². The van der Waals surface area contributed by atoms with Crippen molar-refractivity contribution >= 4 is 5.97 Å². The Kier molecular flexibility index (Phi) is 4.31. The minimum Gasteiger partial charge on any atom is -0.469 e. The maximum absolute atomic E-state index is 12.8. The molecule has 1 unspecified atom stereocenters. The zero-order valence-electron chi connectivity index (χ0n) is 10.6. The molecule has 0 aliphatic carbocycles. The minimum atomic E-state index is -0.205. The minimum absolute atomic E-state index is 0.136. The van der Waals surface area contributed by atoms with Gasteiger partial charge in [0, 0.05) is 19.5 Å². The van der Waals surface area contributed by atoms with E-state index in [0.29, 0.717) is 12.3 Å². The summed E-state index contributed by atoms with van der Waals surface area (Å²) >= 11 is 0. The molecule has 1 aromatic carbocycles. The van der Waals surface area contributed by atoms with Crippen LogP contribution in [0.25, 0.3) is 0 Å². The van der Waals surface area contributed by atoms with Crippen molar-refractivity contribution in [2.24, 2.45) is 5.92 Å². The second-order valence-corrected chi connectivity index (χ2v) is 4.80. The molecule has 1 heterocycles. The van der Waals surface area contributed by atoms with Crippen molar-refractivity contribution in [1.29, 1.82) is 0 Å². The van der Waals surface area contributed by atoms with Gasteiger partial charge in [0.05, 0.1) is 7.11 Å². The average Bonchev–Trinajstić information content (AvgIpc) is 2.79. The topological polar surface area (TPSA) is 29.5 Å². The quantitative estimate of drug-likeness (QED) is 0.768. The smallest absolute Gasteiger partial charge is 0.305 e. The fraction of sp³-hybridized carbons (Fsp3) is 0.500. The van der Waals surface area contributed by atoms with Gasteiger partial charge in [0.2, 0.25) is 0 Å². The highest BCUT2D eigenvalue weighted by Gasteiger charge is 2.24. The molecule has 0 amide bonds. The Morgan fingerprint density at radius 2 is 2.17 bits per heavy atom. The lowest BCUT2D eigenvalue weighted by molar-refractivity contribution is -0.141. The summed E-state index contributed by atoms with van der Waals surface area (Å²) in [5.74, 6) is 0.0465. The van der Waals surface area contributed by atoms with Crippen molar-refractivity contribution < 1.29 is 13.9 Å². The van der Waals surface area contributed by atoms with Crippen molar-refractivity contribution in [3.8, 4) is 0 Å². The standard InChI is InChI=1S/C14H18FNO2/c1-18-14(17)8-12-6-7-16(10-12)9-11-2-4-13(15)5-3-11/h2-5,12H,6-10H2,1H3. The van der Waals surface area contributed by atoms with E-state index in [2.05, 4.69) is 9.64 Å². The van der Waals surface area contributed by atoms with Gasteiger partial charge < -0.3 is 4.74 Å². The number of hydrogen-bond donors (Lipinski definition) is 0. The molecule has 18 heavy (non-hydrogen) atoms. The molecule has 0 aromatic heterocycles. The molecular formula is C14H18FNO2. The van der Waals surface area contributed by atoms with Gasteiger partial charge in [-0.15, -0.1) is 0 Å². The van der Waals surface area contributed by atoms with Gasteiger partial charge in [-0.1, -0.05) is 12.1 Å². The number of rotatable bonds is 4. The molecule has 98 valence electrons. The molecule has 0 radical (unpaired) electrons. The Morgan fingerprint density at radius 1 is 1.44 bits per heavy atom. The van der Waals surface area contributed by atoms with Crippen molar-refractivity contribution in [3.05, 3.63) is 35.6 Å². The number of nitrogens with zero attached hydrogens (tertiary/aromatic N) is 1. The number of methoxy groups -OCH3 is 1. The predicted octanol–water partition coefficient (Wildman–Crippen LogP) is 2.21. The third-order valence-electron chi connectivity index (χ3n) is 3.37. The molecule has 1 aliphatic heterocycles. The molecular weight excluding hydrogens is 233 g/mol. The SMILES string of the molecule is COC(=O)CC1CCN(Cc2ccc(F)cc2)C1. The lowest BCUT2D eigenvalue weighted by atomic mass is 10.1. The summed E-state index contributed by atoms with van der Waals surface area (Å²) in [4.78, 5) is 13.5. The highest BCUT2D eigenvalue weighted by molar-refractivity contribution is 5.69.